The Balaban J connectivity index is 1.86. The van der Waals surface area contributed by atoms with Crippen LogP contribution in [0.15, 0.2) is 27.9 Å². The van der Waals surface area contributed by atoms with Gasteiger partial charge in [-0.15, -0.1) is 0 Å². The monoisotopic (exact) mass is 530 g/mol. The van der Waals surface area contributed by atoms with Crippen molar-refractivity contribution >= 4 is 21.1 Å². The lowest BCUT2D eigenvalue weighted by Crippen LogP contribution is -2.31. The Labute approximate surface area is 231 Å². The third-order valence-corrected chi connectivity index (χ3v) is 7.05. The van der Waals surface area contributed by atoms with Crippen LogP contribution in [-0.2, 0) is 23.4 Å². The van der Waals surface area contributed by atoms with E-state index in [1.807, 2.05) is 0 Å². The van der Waals surface area contributed by atoms with Crippen LogP contribution in [0.25, 0.3) is 22.4 Å². The molecule has 4 rings (SSSR count). The largest absolute Gasteiger partial charge is 0.493 e. The summed E-state index contributed by atoms with van der Waals surface area (Å²) < 4.78 is 146. The zero-order valence-electron chi connectivity index (χ0n) is 33.5. The van der Waals surface area contributed by atoms with Gasteiger partial charge in [0.2, 0.25) is 10.0 Å². The standard InChI is InChI=1S/C25H36N6O4S/c1-5-8-20-22-23(31(4)29-20)25(32)28-24(27-22)19-16-18(10-11-21(19)35-15-6-2)36(33,34)26-13-12-17-9-7-14-30(17)3/h10-11,16-17,26H,5-9,12-15H2,1-4H3,(H,27,28,32)/i1D3,3D3,4D3,5D2,8D2,13D. The summed E-state index contributed by atoms with van der Waals surface area (Å²) in [5.74, 6) is -0.510. The molecule has 1 saturated heterocycles. The minimum atomic E-state index is -4.49. The highest BCUT2D eigenvalue weighted by molar-refractivity contribution is 7.89. The highest BCUT2D eigenvalue weighted by Crippen LogP contribution is 2.31. The van der Waals surface area contributed by atoms with Crippen molar-refractivity contribution in [1.29, 1.82) is 0 Å². The van der Waals surface area contributed by atoms with E-state index in [2.05, 4.69) is 19.8 Å². The number of aromatic nitrogens is 4. The van der Waals surface area contributed by atoms with Crippen LogP contribution < -0.4 is 15.0 Å². The fourth-order valence-electron chi connectivity index (χ4n) is 3.94. The number of nitrogens with zero attached hydrogens (tertiary/aromatic N) is 4. The Morgan fingerprint density at radius 1 is 1.36 bits per heavy atom. The molecule has 2 N–H and O–H groups in total. The molecule has 0 radical (unpaired) electrons. The number of ether oxygens (including phenoxy) is 1. The van der Waals surface area contributed by atoms with Gasteiger partial charge in [0, 0.05) is 38.7 Å². The SMILES string of the molecule is [2H]C(CC1CCCN1C([2H])([2H])[2H])NS(=O)(=O)c1ccc(OCCC)c(-c2nc3c(C([2H])([2H])C([2H])([2H])C([2H])([2H])[2H])nn(C([2H])([2H])[2H])c3c(=O)[nH]2)c1. The van der Waals surface area contributed by atoms with Gasteiger partial charge in [0.1, 0.15) is 17.1 Å². The third-order valence-electron chi connectivity index (χ3n) is 5.70. The molecule has 10 nitrogen and oxygen atoms in total. The first-order chi connectivity index (χ1) is 22.7. The van der Waals surface area contributed by atoms with Crippen LogP contribution in [0.5, 0.6) is 5.75 Å². The molecular weight excluding hydrogens is 480 g/mol. The number of sulfonamides is 1. The van der Waals surface area contributed by atoms with Crippen LogP contribution >= 0.6 is 0 Å². The lowest BCUT2D eigenvalue weighted by Gasteiger charge is -2.19. The zero-order valence-corrected chi connectivity index (χ0v) is 20.3. The summed E-state index contributed by atoms with van der Waals surface area (Å²) >= 11 is 0. The van der Waals surface area contributed by atoms with Crippen LogP contribution in [-0.4, -0.2) is 65.8 Å². The Hall–Kier alpha value is -2.76. The summed E-state index contributed by atoms with van der Waals surface area (Å²) in [5, 5.41) is 3.64. The number of rotatable bonds is 11. The molecule has 1 aliphatic heterocycles. The van der Waals surface area contributed by atoms with Gasteiger partial charge in [0.15, 0.2) is 5.52 Å². The Kier molecular flexibility index (Phi) is 4.22. The quantitative estimate of drug-likeness (QED) is 0.391. The van der Waals surface area contributed by atoms with Crippen molar-refractivity contribution in [2.75, 3.05) is 26.6 Å². The van der Waals surface area contributed by atoms with E-state index >= 15 is 0 Å². The van der Waals surface area contributed by atoms with Gasteiger partial charge in [-0.3, -0.25) is 9.48 Å². The lowest BCUT2D eigenvalue weighted by atomic mass is 10.1. The van der Waals surface area contributed by atoms with Gasteiger partial charge in [-0.05, 0) is 63.8 Å². The van der Waals surface area contributed by atoms with Crippen molar-refractivity contribution < 1.29 is 32.3 Å². The highest BCUT2D eigenvalue weighted by atomic mass is 32.2. The Morgan fingerprint density at radius 3 is 3.03 bits per heavy atom. The second kappa shape index (κ2) is 11.1. The fraction of sp³-hybridized carbons (Fsp3) is 0.560. The second-order valence-electron chi connectivity index (χ2n) is 8.18. The Morgan fingerprint density at radius 2 is 2.25 bits per heavy atom. The lowest BCUT2D eigenvalue weighted by molar-refractivity contribution is 0.297. The van der Waals surface area contributed by atoms with E-state index < -0.39 is 89.1 Å². The Bertz CT molecular complexity index is 1890. The minimum Gasteiger partial charge on any atom is -0.493 e. The number of hydrogen-bond acceptors (Lipinski definition) is 7. The van der Waals surface area contributed by atoms with E-state index in [9.17, 15) is 13.2 Å². The van der Waals surface area contributed by atoms with Crippen LogP contribution in [0.2, 0.25) is 0 Å². The normalized spacial score (nSPS) is 25.2. The average Bonchev–Trinajstić information content (AvgIpc) is 3.60. The molecule has 11 heteroatoms. The van der Waals surface area contributed by atoms with Gasteiger partial charge in [0.25, 0.3) is 5.56 Å². The average molecular weight is 531 g/mol. The van der Waals surface area contributed by atoms with E-state index in [-0.39, 0.29) is 35.6 Å². The predicted molar refractivity (Wildman–Crippen MR) is 140 cm³/mol. The van der Waals surface area contributed by atoms with E-state index in [1.165, 1.54) is 11.0 Å². The molecule has 0 spiro atoms. The maximum Gasteiger partial charge on any atom is 0.277 e. The fourth-order valence-corrected chi connectivity index (χ4v) is 4.91. The van der Waals surface area contributed by atoms with E-state index in [1.54, 1.807) is 6.92 Å². The van der Waals surface area contributed by atoms with Crippen LogP contribution in [0.3, 0.4) is 0 Å². The third kappa shape index (κ3) is 5.47. The van der Waals surface area contributed by atoms with Crippen molar-refractivity contribution in [3.8, 4) is 17.1 Å². The summed E-state index contributed by atoms with van der Waals surface area (Å²) in [6.07, 6.45) is -5.83. The number of fused-ring (bicyclic) bond motifs is 1. The predicted octanol–water partition coefficient (Wildman–Crippen LogP) is 2.83. The number of hydrogen-bond donors (Lipinski definition) is 2. The molecule has 0 saturated carbocycles. The zero-order chi connectivity index (χ0) is 37.8. The van der Waals surface area contributed by atoms with Crippen molar-refractivity contribution in [3.63, 3.8) is 0 Å². The summed E-state index contributed by atoms with van der Waals surface area (Å²) in [7, 11) is -4.49. The number of H-pyrrole nitrogens is 1. The molecule has 2 unspecified atom stereocenters. The first kappa shape index (κ1) is 13.7. The molecule has 0 aliphatic carbocycles. The van der Waals surface area contributed by atoms with Crippen LogP contribution in [0, 0.1) is 0 Å². The molecule has 3 heterocycles. The number of nitrogens with one attached hydrogen (secondary N) is 2. The molecular formula is C25H36N6O4S. The molecule has 1 aromatic carbocycles. The number of likely N-dealkylation sites (tertiary alicyclic amines) is 1. The molecule has 0 bridgehead atoms. The molecule has 1 aliphatic rings. The van der Waals surface area contributed by atoms with Crippen molar-refractivity contribution in [3.05, 3.63) is 34.2 Å². The maximum absolute atomic E-state index is 13.5. The van der Waals surface area contributed by atoms with Gasteiger partial charge in [0.05, 0.1) is 22.8 Å². The van der Waals surface area contributed by atoms with Crippen molar-refractivity contribution in [2.45, 2.75) is 63.1 Å². The smallest absolute Gasteiger partial charge is 0.277 e. The summed E-state index contributed by atoms with van der Waals surface area (Å²) in [6.45, 7) is -8.52. The van der Waals surface area contributed by atoms with Crippen LogP contribution in [0.4, 0.5) is 0 Å². The van der Waals surface area contributed by atoms with Crippen molar-refractivity contribution in [1.82, 2.24) is 29.4 Å². The number of benzene rings is 1. The topological polar surface area (TPSA) is 122 Å². The minimum absolute atomic E-state index is 0.0272. The summed E-state index contributed by atoms with van der Waals surface area (Å²) in [5.41, 5.74) is -4.13. The molecule has 1 fully saturated rings. The number of aryl methyl sites for hydroxylation is 2. The van der Waals surface area contributed by atoms with Gasteiger partial charge in [-0.25, -0.2) is 18.1 Å². The first-order valence-electron chi connectivity index (χ1n) is 18.3. The summed E-state index contributed by atoms with van der Waals surface area (Å²) in [6, 6.07) is 2.83. The molecule has 196 valence electrons. The van der Waals surface area contributed by atoms with Gasteiger partial charge >= 0.3 is 0 Å². The molecule has 36 heavy (non-hydrogen) atoms. The molecule has 2 atom stereocenters. The highest BCUT2D eigenvalue weighted by Gasteiger charge is 2.23. The van der Waals surface area contributed by atoms with Crippen molar-refractivity contribution in [2.24, 2.45) is 6.98 Å². The summed E-state index contributed by atoms with van der Waals surface area (Å²) in [4.78, 5) is 20.8. The van der Waals surface area contributed by atoms with Gasteiger partial charge in [-0.2, -0.15) is 5.10 Å². The number of aromatic amines is 1. The molecule has 3 aromatic rings. The van der Waals surface area contributed by atoms with E-state index in [0.717, 1.165) is 12.1 Å². The van der Waals surface area contributed by atoms with E-state index in [0.29, 0.717) is 19.3 Å². The molecule has 0 amide bonds. The van der Waals surface area contributed by atoms with Gasteiger partial charge in [-0.1, -0.05) is 20.1 Å². The van der Waals surface area contributed by atoms with Gasteiger partial charge < -0.3 is 14.6 Å². The first-order valence-corrected chi connectivity index (χ1v) is 12.7. The van der Waals surface area contributed by atoms with E-state index in [4.69, 9.17) is 23.9 Å². The second-order valence-corrected chi connectivity index (χ2v) is 9.89. The maximum atomic E-state index is 13.5. The molecule has 2 aromatic heterocycles. The van der Waals surface area contributed by atoms with Crippen LogP contribution in [0.1, 0.15) is 70.7 Å².